The lowest BCUT2D eigenvalue weighted by atomic mass is 9.94. The van der Waals surface area contributed by atoms with Crippen LogP contribution in [0, 0.1) is 5.92 Å². The van der Waals surface area contributed by atoms with Crippen molar-refractivity contribution in [2.24, 2.45) is 13.0 Å². The van der Waals surface area contributed by atoms with Crippen molar-refractivity contribution in [1.29, 1.82) is 0 Å². The molecule has 5 heteroatoms. The van der Waals surface area contributed by atoms with Crippen LogP contribution in [0.2, 0.25) is 0 Å². The molecule has 0 saturated carbocycles. The van der Waals surface area contributed by atoms with Crippen molar-refractivity contribution in [3.63, 3.8) is 0 Å². The predicted molar refractivity (Wildman–Crippen MR) is 87.0 cm³/mol. The Labute approximate surface area is 135 Å². The van der Waals surface area contributed by atoms with E-state index in [0.29, 0.717) is 11.8 Å². The first-order valence-electron chi connectivity index (χ1n) is 8.07. The Hall–Kier alpha value is -2.14. The number of rotatable bonds is 3. The van der Waals surface area contributed by atoms with Crippen LogP contribution in [0.15, 0.2) is 30.3 Å². The summed E-state index contributed by atoms with van der Waals surface area (Å²) >= 11 is 0. The molecule has 120 valence electrons. The number of likely N-dealkylation sites (tertiary alicyclic amines) is 1. The van der Waals surface area contributed by atoms with Gasteiger partial charge in [-0.15, -0.1) is 0 Å². The van der Waals surface area contributed by atoms with E-state index < -0.39 is 0 Å². The first-order chi connectivity index (χ1) is 11.2. The van der Waals surface area contributed by atoms with Gasteiger partial charge in [0.25, 0.3) is 0 Å². The van der Waals surface area contributed by atoms with Gasteiger partial charge in [0.05, 0.1) is 5.69 Å². The van der Waals surface area contributed by atoms with Gasteiger partial charge in [0.15, 0.2) is 0 Å². The summed E-state index contributed by atoms with van der Waals surface area (Å²) in [5.41, 5.74) is 4.91. The zero-order valence-electron chi connectivity index (χ0n) is 13.5. The Kier molecular flexibility index (Phi) is 3.45. The Morgan fingerprint density at radius 1 is 1.30 bits per heavy atom. The highest BCUT2D eigenvalue weighted by molar-refractivity contribution is 5.78. The topological polar surface area (TPSA) is 47.4 Å². The molecule has 0 bridgehead atoms. The maximum Gasteiger partial charge on any atom is 0.248 e. The molecule has 0 spiro atoms. The summed E-state index contributed by atoms with van der Waals surface area (Å²) in [4.78, 5) is 14.1. The van der Waals surface area contributed by atoms with Gasteiger partial charge in [-0.2, -0.15) is 5.10 Å². The summed E-state index contributed by atoms with van der Waals surface area (Å²) in [7, 11) is 3.60. The van der Waals surface area contributed by atoms with E-state index in [2.05, 4.69) is 12.1 Å². The molecule has 1 aromatic heterocycles. The van der Waals surface area contributed by atoms with Gasteiger partial charge in [-0.3, -0.25) is 9.48 Å². The van der Waals surface area contributed by atoms with Crippen LogP contribution in [0.25, 0.3) is 11.3 Å². The largest absolute Gasteiger partial charge is 0.375 e. The summed E-state index contributed by atoms with van der Waals surface area (Å²) in [6.07, 6.45) is 1.01. The molecule has 1 amide bonds. The van der Waals surface area contributed by atoms with Crippen molar-refractivity contribution < 1.29 is 9.53 Å². The third-order valence-corrected chi connectivity index (χ3v) is 5.14. The molecule has 5 nitrogen and oxygen atoms in total. The molecule has 2 atom stereocenters. The van der Waals surface area contributed by atoms with Crippen molar-refractivity contribution in [2.45, 2.75) is 12.3 Å². The van der Waals surface area contributed by atoms with Gasteiger partial charge >= 0.3 is 0 Å². The highest BCUT2D eigenvalue weighted by Crippen LogP contribution is 2.46. The number of aromatic nitrogens is 2. The molecule has 0 radical (unpaired) electrons. The number of carbonyl (C=O) groups is 1. The molecule has 1 fully saturated rings. The van der Waals surface area contributed by atoms with Crippen molar-refractivity contribution in [1.82, 2.24) is 14.7 Å². The second-order valence-corrected chi connectivity index (χ2v) is 6.50. The van der Waals surface area contributed by atoms with Crippen LogP contribution in [0.5, 0.6) is 0 Å². The fourth-order valence-corrected chi connectivity index (χ4v) is 4.09. The molecule has 2 aromatic rings. The minimum absolute atomic E-state index is 0.0913. The van der Waals surface area contributed by atoms with E-state index in [4.69, 9.17) is 9.84 Å². The Bertz CT molecular complexity index is 738. The standard InChI is InChI=1S/C18H21N3O2/c1-20-15-8-13-9-21(16(22)11-23-2)10-14(13)17(15)18(19-20)12-6-4-3-5-7-12/h3-7,13-14H,8-11H2,1-2H3/t13-,14+/m0/s1. The average molecular weight is 311 g/mol. The molecular formula is C18H21N3O2. The second kappa shape index (κ2) is 5.49. The van der Waals surface area contributed by atoms with E-state index in [1.807, 2.05) is 34.8 Å². The number of hydrogen-bond donors (Lipinski definition) is 0. The molecule has 1 aliphatic heterocycles. The lowest BCUT2D eigenvalue weighted by Crippen LogP contribution is -2.32. The number of carbonyl (C=O) groups excluding carboxylic acids is 1. The Morgan fingerprint density at radius 2 is 2.09 bits per heavy atom. The third-order valence-electron chi connectivity index (χ3n) is 5.14. The molecule has 1 saturated heterocycles. The van der Waals surface area contributed by atoms with Crippen LogP contribution in [-0.2, 0) is 23.0 Å². The fourth-order valence-electron chi connectivity index (χ4n) is 4.09. The maximum atomic E-state index is 12.1. The summed E-state index contributed by atoms with van der Waals surface area (Å²) in [5, 5.41) is 4.76. The third kappa shape index (κ3) is 2.27. The lowest BCUT2D eigenvalue weighted by molar-refractivity contribution is -0.134. The second-order valence-electron chi connectivity index (χ2n) is 6.50. The van der Waals surface area contributed by atoms with Gasteiger partial charge in [0, 0.05) is 50.0 Å². The number of hydrogen-bond acceptors (Lipinski definition) is 3. The lowest BCUT2D eigenvalue weighted by Gasteiger charge is -2.16. The summed E-state index contributed by atoms with van der Waals surface area (Å²) in [6.45, 7) is 1.78. The smallest absolute Gasteiger partial charge is 0.248 e. The molecule has 23 heavy (non-hydrogen) atoms. The van der Waals surface area contributed by atoms with Gasteiger partial charge < -0.3 is 9.64 Å². The average Bonchev–Trinajstić information content (AvgIpc) is 3.19. The summed E-state index contributed by atoms with van der Waals surface area (Å²) < 4.78 is 7.02. The van der Waals surface area contributed by atoms with Crippen molar-refractivity contribution in [2.75, 3.05) is 26.8 Å². The van der Waals surface area contributed by atoms with Gasteiger partial charge in [-0.25, -0.2) is 0 Å². The van der Waals surface area contributed by atoms with Crippen LogP contribution in [0.1, 0.15) is 17.2 Å². The Morgan fingerprint density at radius 3 is 2.83 bits per heavy atom. The molecule has 4 rings (SSSR count). The van der Waals surface area contributed by atoms with E-state index in [1.165, 1.54) is 11.3 Å². The van der Waals surface area contributed by atoms with Crippen LogP contribution >= 0.6 is 0 Å². The minimum atomic E-state index is 0.0913. The minimum Gasteiger partial charge on any atom is -0.375 e. The van der Waals surface area contributed by atoms with E-state index in [0.717, 1.165) is 30.8 Å². The number of amides is 1. The Balaban J connectivity index is 1.68. The first-order valence-corrected chi connectivity index (χ1v) is 8.07. The summed E-state index contributed by atoms with van der Waals surface area (Å²) in [6, 6.07) is 10.3. The SMILES string of the molecule is COCC(=O)N1C[C@@H]2Cc3c(c(-c4ccccc4)nn3C)[C@@H]2C1. The van der Waals surface area contributed by atoms with Crippen LogP contribution < -0.4 is 0 Å². The van der Waals surface area contributed by atoms with Crippen LogP contribution in [0.3, 0.4) is 0 Å². The fraction of sp³-hybridized carbons (Fsp3) is 0.444. The van der Waals surface area contributed by atoms with E-state index in [1.54, 1.807) is 7.11 Å². The van der Waals surface area contributed by atoms with Crippen LogP contribution in [0.4, 0.5) is 0 Å². The predicted octanol–water partition coefficient (Wildman–Crippen LogP) is 1.83. The zero-order chi connectivity index (χ0) is 16.0. The first kappa shape index (κ1) is 14.5. The molecule has 0 unspecified atom stereocenters. The molecule has 2 aliphatic rings. The monoisotopic (exact) mass is 311 g/mol. The normalized spacial score (nSPS) is 22.3. The van der Waals surface area contributed by atoms with Crippen molar-refractivity contribution in [3.05, 3.63) is 41.6 Å². The highest BCUT2D eigenvalue weighted by Gasteiger charge is 2.44. The van der Waals surface area contributed by atoms with Gasteiger partial charge in [0.2, 0.25) is 5.91 Å². The van der Waals surface area contributed by atoms with E-state index in [-0.39, 0.29) is 12.5 Å². The van der Waals surface area contributed by atoms with E-state index >= 15 is 0 Å². The maximum absolute atomic E-state index is 12.1. The van der Waals surface area contributed by atoms with Crippen molar-refractivity contribution in [3.8, 4) is 11.3 Å². The molecule has 2 heterocycles. The van der Waals surface area contributed by atoms with Crippen molar-refractivity contribution >= 4 is 5.91 Å². The number of methoxy groups -OCH3 is 1. The molecule has 0 N–H and O–H groups in total. The summed E-state index contributed by atoms with van der Waals surface area (Å²) in [5.74, 6) is 1.00. The number of nitrogens with zero attached hydrogens (tertiary/aromatic N) is 3. The van der Waals surface area contributed by atoms with E-state index in [9.17, 15) is 4.79 Å². The number of fused-ring (bicyclic) bond motifs is 3. The zero-order valence-corrected chi connectivity index (χ0v) is 13.5. The number of ether oxygens (including phenoxy) is 1. The molecular weight excluding hydrogens is 290 g/mol. The van der Waals surface area contributed by atoms with Crippen LogP contribution in [-0.4, -0.2) is 47.4 Å². The van der Waals surface area contributed by atoms with Gasteiger partial charge in [-0.1, -0.05) is 30.3 Å². The van der Waals surface area contributed by atoms with Gasteiger partial charge in [0.1, 0.15) is 6.61 Å². The molecule has 1 aliphatic carbocycles. The quantitative estimate of drug-likeness (QED) is 0.869. The van der Waals surface area contributed by atoms with Gasteiger partial charge in [-0.05, 0) is 12.3 Å². The molecule has 1 aromatic carbocycles. The number of benzene rings is 1. The number of aryl methyl sites for hydroxylation is 1. The highest BCUT2D eigenvalue weighted by atomic mass is 16.5.